The van der Waals surface area contributed by atoms with E-state index in [1.807, 2.05) is 6.07 Å². The fourth-order valence-electron chi connectivity index (χ4n) is 4.04. The predicted octanol–water partition coefficient (Wildman–Crippen LogP) is 2.77. The van der Waals surface area contributed by atoms with E-state index >= 15 is 0 Å². The minimum Gasteiger partial charge on any atom is -0.427 e. The summed E-state index contributed by atoms with van der Waals surface area (Å²) >= 11 is 0. The molecular weight excluding hydrogens is 250 g/mol. The molecule has 1 heterocycles. The minimum atomic E-state index is -0.250. The first-order chi connectivity index (χ1) is 9.41. The van der Waals surface area contributed by atoms with E-state index < -0.39 is 0 Å². The van der Waals surface area contributed by atoms with Gasteiger partial charge < -0.3 is 9.64 Å². The van der Waals surface area contributed by atoms with Crippen molar-refractivity contribution in [2.75, 3.05) is 13.6 Å². The summed E-state index contributed by atoms with van der Waals surface area (Å²) in [4.78, 5) is 13.6. The first-order valence-corrected chi connectivity index (χ1v) is 7.44. The molecular formula is C17H23NO2. The van der Waals surface area contributed by atoms with Gasteiger partial charge in [-0.15, -0.1) is 0 Å². The van der Waals surface area contributed by atoms with Crippen LogP contribution in [0.15, 0.2) is 18.2 Å². The maximum atomic E-state index is 11.2. The van der Waals surface area contributed by atoms with Gasteiger partial charge in [0.1, 0.15) is 5.75 Å². The highest BCUT2D eigenvalue weighted by atomic mass is 16.5. The maximum absolute atomic E-state index is 11.2. The predicted molar refractivity (Wildman–Crippen MR) is 79.0 cm³/mol. The van der Waals surface area contributed by atoms with Crippen LogP contribution in [0.2, 0.25) is 0 Å². The van der Waals surface area contributed by atoms with Crippen molar-refractivity contribution in [3.8, 4) is 5.75 Å². The third-order valence-electron chi connectivity index (χ3n) is 5.52. The van der Waals surface area contributed by atoms with Gasteiger partial charge in [-0.3, -0.25) is 4.79 Å². The highest BCUT2D eigenvalue weighted by Crippen LogP contribution is 2.48. The third kappa shape index (κ3) is 1.96. The number of nitrogens with zero attached hydrogens (tertiary/aromatic N) is 1. The molecule has 1 fully saturated rings. The summed E-state index contributed by atoms with van der Waals surface area (Å²) in [6.45, 7) is 7.33. The molecule has 1 saturated heterocycles. The molecule has 0 spiro atoms. The summed E-state index contributed by atoms with van der Waals surface area (Å²) in [5, 5.41) is 0. The molecule has 20 heavy (non-hydrogen) atoms. The zero-order chi connectivity index (χ0) is 14.5. The van der Waals surface area contributed by atoms with Crippen LogP contribution in [0, 0.1) is 5.92 Å². The van der Waals surface area contributed by atoms with Crippen LogP contribution >= 0.6 is 0 Å². The Bertz CT molecular complexity index is 554. The van der Waals surface area contributed by atoms with Crippen molar-refractivity contribution in [1.82, 2.24) is 4.90 Å². The molecule has 2 aliphatic rings. The van der Waals surface area contributed by atoms with Gasteiger partial charge in [0.05, 0.1) is 0 Å². The lowest BCUT2D eigenvalue weighted by Gasteiger charge is -2.53. The highest BCUT2D eigenvalue weighted by Gasteiger charge is 2.47. The number of rotatable bonds is 1. The molecule has 0 aromatic heterocycles. The van der Waals surface area contributed by atoms with Gasteiger partial charge in [0, 0.05) is 13.0 Å². The number of likely N-dealkylation sites (tertiary alicyclic amines) is 1. The van der Waals surface area contributed by atoms with E-state index in [0.29, 0.717) is 17.7 Å². The molecule has 0 radical (unpaired) electrons. The molecule has 3 atom stereocenters. The van der Waals surface area contributed by atoms with E-state index in [0.717, 1.165) is 19.4 Å². The lowest BCUT2D eigenvalue weighted by Crippen LogP contribution is -2.56. The Hall–Kier alpha value is -1.35. The molecule has 1 aromatic rings. The standard InChI is InChI=1S/C17H23NO2/c1-11-16-9-13-5-6-14(20-12(2)19)10-15(13)17(11,3)7-8-18(16)4/h5-6,10-11,16H,7-9H2,1-4H3/t11-,16?,17-/m0/s1. The second-order valence-corrected chi connectivity index (χ2v) is 6.62. The molecule has 1 aliphatic heterocycles. The fourth-order valence-corrected chi connectivity index (χ4v) is 4.04. The number of carbonyl (C=O) groups excluding carboxylic acids is 1. The van der Waals surface area contributed by atoms with Crippen molar-refractivity contribution >= 4 is 5.97 Å². The molecule has 3 heteroatoms. The number of benzene rings is 1. The van der Waals surface area contributed by atoms with Crippen LogP contribution in [0.1, 0.15) is 38.3 Å². The molecule has 0 saturated carbocycles. The summed E-state index contributed by atoms with van der Waals surface area (Å²) < 4.78 is 5.27. The Morgan fingerprint density at radius 1 is 1.45 bits per heavy atom. The van der Waals surface area contributed by atoms with E-state index in [1.165, 1.54) is 18.1 Å². The van der Waals surface area contributed by atoms with E-state index in [4.69, 9.17) is 4.74 Å². The number of piperidine rings is 1. The second-order valence-electron chi connectivity index (χ2n) is 6.62. The Morgan fingerprint density at radius 2 is 2.20 bits per heavy atom. The normalized spacial score (nSPS) is 32.6. The van der Waals surface area contributed by atoms with E-state index in [-0.39, 0.29) is 11.4 Å². The second kappa shape index (κ2) is 4.59. The van der Waals surface area contributed by atoms with Crippen LogP contribution in [0.25, 0.3) is 0 Å². The summed E-state index contributed by atoms with van der Waals surface area (Å²) in [7, 11) is 2.24. The summed E-state index contributed by atoms with van der Waals surface area (Å²) in [5.74, 6) is 1.06. The van der Waals surface area contributed by atoms with Gasteiger partial charge in [0.25, 0.3) is 0 Å². The average Bonchev–Trinajstić information content (AvgIpc) is 2.39. The zero-order valence-corrected chi connectivity index (χ0v) is 12.8. The number of likely N-dealkylation sites (N-methyl/N-ethyl adjacent to an activating group) is 1. The lowest BCUT2D eigenvalue weighted by atomic mass is 9.59. The third-order valence-corrected chi connectivity index (χ3v) is 5.52. The van der Waals surface area contributed by atoms with Gasteiger partial charge in [0.2, 0.25) is 0 Å². The molecule has 1 aliphatic carbocycles. The monoisotopic (exact) mass is 273 g/mol. The van der Waals surface area contributed by atoms with Crippen LogP contribution in [-0.4, -0.2) is 30.5 Å². The fraction of sp³-hybridized carbons (Fsp3) is 0.588. The van der Waals surface area contributed by atoms with Crippen LogP contribution < -0.4 is 4.74 Å². The van der Waals surface area contributed by atoms with Crippen molar-refractivity contribution in [3.05, 3.63) is 29.3 Å². The Kier molecular flexibility index (Phi) is 3.13. The van der Waals surface area contributed by atoms with Crippen molar-refractivity contribution in [1.29, 1.82) is 0 Å². The van der Waals surface area contributed by atoms with Gasteiger partial charge in [-0.1, -0.05) is 19.9 Å². The topological polar surface area (TPSA) is 29.5 Å². The maximum Gasteiger partial charge on any atom is 0.308 e. The number of fused-ring (bicyclic) bond motifs is 4. The van der Waals surface area contributed by atoms with Crippen molar-refractivity contribution < 1.29 is 9.53 Å². The van der Waals surface area contributed by atoms with E-state index in [1.54, 1.807) is 0 Å². The average molecular weight is 273 g/mol. The Balaban J connectivity index is 2.05. The van der Waals surface area contributed by atoms with Gasteiger partial charge in [-0.2, -0.15) is 0 Å². The van der Waals surface area contributed by atoms with Gasteiger partial charge >= 0.3 is 5.97 Å². The molecule has 0 N–H and O–H groups in total. The lowest BCUT2D eigenvalue weighted by molar-refractivity contribution is -0.131. The molecule has 2 bridgehead atoms. The SMILES string of the molecule is CC(=O)Oc1ccc2c(c1)[C@@]1(C)CCN(C)C(C2)[C@@H]1C. The number of ether oxygens (including phenoxy) is 1. The first kappa shape index (κ1) is 13.6. The van der Waals surface area contributed by atoms with Gasteiger partial charge in [0.15, 0.2) is 0 Å². The minimum absolute atomic E-state index is 0.195. The smallest absolute Gasteiger partial charge is 0.308 e. The molecule has 1 aromatic carbocycles. The Labute approximate surface area is 120 Å². The van der Waals surface area contributed by atoms with Gasteiger partial charge in [-0.05, 0) is 61.0 Å². The van der Waals surface area contributed by atoms with Crippen LogP contribution in [0.3, 0.4) is 0 Å². The quantitative estimate of drug-likeness (QED) is 0.582. The van der Waals surface area contributed by atoms with Crippen molar-refractivity contribution in [2.45, 2.75) is 45.1 Å². The summed E-state index contributed by atoms with van der Waals surface area (Å²) in [6, 6.07) is 6.79. The summed E-state index contributed by atoms with van der Waals surface area (Å²) in [6.07, 6.45) is 2.26. The zero-order valence-electron chi connectivity index (χ0n) is 12.8. The summed E-state index contributed by atoms with van der Waals surface area (Å²) in [5.41, 5.74) is 2.99. The van der Waals surface area contributed by atoms with Crippen LogP contribution in [-0.2, 0) is 16.6 Å². The molecule has 3 rings (SSSR count). The van der Waals surface area contributed by atoms with Crippen LogP contribution in [0.5, 0.6) is 5.75 Å². The van der Waals surface area contributed by atoms with Gasteiger partial charge in [-0.25, -0.2) is 0 Å². The Morgan fingerprint density at radius 3 is 2.90 bits per heavy atom. The number of esters is 1. The molecule has 1 unspecified atom stereocenters. The molecule has 108 valence electrons. The molecule has 0 amide bonds. The van der Waals surface area contributed by atoms with E-state index in [2.05, 4.69) is 37.9 Å². The first-order valence-electron chi connectivity index (χ1n) is 7.44. The van der Waals surface area contributed by atoms with Crippen molar-refractivity contribution in [2.24, 2.45) is 5.92 Å². The molecule has 3 nitrogen and oxygen atoms in total. The highest BCUT2D eigenvalue weighted by molar-refractivity contribution is 5.69. The number of carbonyl (C=O) groups is 1. The number of hydrogen-bond acceptors (Lipinski definition) is 3. The number of hydrogen-bond donors (Lipinski definition) is 0. The van der Waals surface area contributed by atoms with Crippen molar-refractivity contribution in [3.63, 3.8) is 0 Å². The largest absolute Gasteiger partial charge is 0.427 e. The van der Waals surface area contributed by atoms with E-state index in [9.17, 15) is 4.79 Å². The van der Waals surface area contributed by atoms with Crippen LogP contribution in [0.4, 0.5) is 0 Å².